The number of fused-ring (bicyclic) bond motifs is 1. The molecule has 0 saturated heterocycles. The maximum absolute atomic E-state index is 12.8. The van der Waals surface area contributed by atoms with Crippen molar-refractivity contribution in [3.63, 3.8) is 0 Å². The summed E-state index contributed by atoms with van der Waals surface area (Å²) in [6.45, 7) is 3.30. The predicted molar refractivity (Wildman–Crippen MR) is 94.5 cm³/mol. The molecular weight excluding hydrogens is 316 g/mol. The lowest BCUT2D eigenvalue weighted by Gasteiger charge is -2.30. The summed E-state index contributed by atoms with van der Waals surface area (Å²) >= 11 is 0. The van der Waals surface area contributed by atoms with Gasteiger partial charge in [0.25, 0.3) is 0 Å². The Balaban J connectivity index is 1.36. The highest BCUT2D eigenvalue weighted by Crippen LogP contribution is 2.34. The molecule has 1 aliphatic heterocycles. The first kappa shape index (κ1) is 16.1. The summed E-state index contributed by atoms with van der Waals surface area (Å²) in [5.74, 6) is 2.10. The van der Waals surface area contributed by atoms with Crippen molar-refractivity contribution in [1.82, 2.24) is 10.2 Å². The minimum atomic E-state index is -0.0502. The first-order valence-electron chi connectivity index (χ1n) is 9.02. The Morgan fingerprint density at radius 2 is 2.12 bits per heavy atom. The van der Waals surface area contributed by atoms with Crippen molar-refractivity contribution in [1.29, 1.82) is 0 Å². The van der Waals surface area contributed by atoms with E-state index in [1.54, 1.807) is 6.26 Å². The minimum Gasteiger partial charge on any atom is -0.493 e. The SMILES string of the molecule is C[C@H](c1ccco1)N(C(=O)NC[C@H]1COc2ccccc2C1)C1CC1. The van der Waals surface area contributed by atoms with Gasteiger partial charge in [-0.2, -0.15) is 0 Å². The third-order valence-electron chi connectivity index (χ3n) is 5.04. The summed E-state index contributed by atoms with van der Waals surface area (Å²) < 4.78 is 11.3. The van der Waals surface area contributed by atoms with Crippen LogP contribution in [-0.2, 0) is 6.42 Å². The van der Waals surface area contributed by atoms with Crippen LogP contribution in [0, 0.1) is 5.92 Å². The van der Waals surface area contributed by atoms with E-state index in [1.165, 1.54) is 5.56 Å². The zero-order valence-electron chi connectivity index (χ0n) is 14.5. The average Bonchev–Trinajstić information content (AvgIpc) is 3.31. The molecule has 5 heteroatoms. The molecule has 2 aliphatic rings. The lowest BCUT2D eigenvalue weighted by atomic mass is 9.97. The molecule has 1 aromatic heterocycles. The highest BCUT2D eigenvalue weighted by Gasteiger charge is 2.37. The summed E-state index contributed by atoms with van der Waals surface area (Å²) in [4.78, 5) is 14.7. The molecule has 2 aromatic rings. The zero-order chi connectivity index (χ0) is 17.2. The number of hydrogen-bond acceptors (Lipinski definition) is 3. The molecule has 1 N–H and O–H groups in total. The van der Waals surface area contributed by atoms with Gasteiger partial charge in [0.2, 0.25) is 0 Å². The van der Waals surface area contributed by atoms with Gasteiger partial charge in [-0.05, 0) is 49.9 Å². The van der Waals surface area contributed by atoms with Gasteiger partial charge in [-0.1, -0.05) is 18.2 Å². The third-order valence-corrected chi connectivity index (χ3v) is 5.04. The predicted octanol–water partition coefficient (Wildman–Crippen LogP) is 3.77. The number of para-hydroxylation sites is 1. The number of nitrogens with one attached hydrogen (secondary N) is 1. The zero-order valence-corrected chi connectivity index (χ0v) is 14.5. The first-order valence-corrected chi connectivity index (χ1v) is 9.02. The highest BCUT2D eigenvalue weighted by atomic mass is 16.5. The van der Waals surface area contributed by atoms with Crippen LogP contribution < -0.4 is 10.1 Å². The van der Waals surface area contributed by atoms with Crippen molar-refractivity contribution in [2.45, 2.75) is 38.3 Å². The molecule has 25 heavy (non-hydrogen) atoms. The van der Waals surface area contributed by atoms with E-state index in [9.17, 15) is 4.79 Å². The second kappa shape index (κ2) is 6.82. The molecule has 5 nitrogen and oxygen atoms in total. The normalized spacial score (nSPS) is 20.3. The van der Waals surface area contributed by atoms with Gasteiger partial charge >= 0.3 is 6.03 Å². The van der Waals surface area contributed by atoms with Crippen LogP contribution in [0.4, 0.5) is 4.79 Å². The monoisotopic (exact) mass is 340 g/mol. The molecule has 4 rings (SSSR count). The van der Waals surface area contributed by atoms with Gasteiger partial charge in [-0.15, -0.1) is 0 Å². The fraction of sp³-hybridized carbons (Fsp3) is 0.450. The van der Waals surface area contributed by atoms with Crippen LogP contribution in [0.25, 0.3) is 0 Å². The molecule has 2 atom stereocenters. The number of amides is 2. The lowest BCUT2D eigenvalue weighted by Crippen LogP contribution is -2.45. The van der Waals surface area contributed by atoms with E-state index in [0.717, 1.165) is 30.8 Å². The Labute approximate surface area is 148 Å². The van der Waals surface area contributed by atoms with Crippen molar-refractivity contribution < 1.29 is 13.9 Å². The summed E-state index contributed by atoms with van der Waals surface area (Å²) in [6, 6.07) is 12.2. The Morgan fingerprint density at radius 1 is 1.28 bits per heavy atom. The second-order valence-corrected chi connectivity index (χ2v) is 7.00. The van der Waals surface area contributed by atoms with E-state index in [0.29, 0.717) is 25.1 Å². The molecule has 2 amide bonds. The van der Waals surface area contributed by atoms with E-state index in [4.69, 9.17) is 9.15 Å². The number of urea groups is 1. The summed E-state index contributed by atoms with van der Waals surface area (Å²) in [5.41, 5.74) is 1.22. The van der Waals surface area contributed by atoms with E-state index in [-0.39, 0.29) is 12.1 Å². The summed E-state index contributed by atoms with van der Waals surface area (Å²) in [6.07, 6.45) is 4.73. The van der Waals surface area contributed by atoms with Gasteiger partial charge in [0, 0.05) is 18.5 Å². The number of rotatable bonds is 5. The fourth-order valence-corrected chi connectivity index (χ4v) is 3.52. The number of furan rings is 1. The van der Waals surface area contributed by atoms with Gasteiger partial charge in [0.05, 0.1) is 18.9 Å². The topological polar surface area (TPSA) is 54.7 Å². The molecular formula is C20H24N2O3. The van der Waals surface area contributed by atoms with E-state index in [1.807, 2.05) is 42.2 Å². The molecule has 1 aliphatic carbocycles. The van der Waals surface area contributed by atoms with Crippen LogP contribution >= 0.6 is 0 Å². The number of carbonyl (C=O) groups is 1. The number of hydrogen-bond donors (Lipinski definition) is 1. The van der Waals surface area contributed by atoms with Crippen molar-refractivity contribution in [3.8, 4) is 5.75 Å². The fourth-order valence-electron chi connectivity index (χ4n) is 3.52. The smallest absolute Gasteiger partial charge is 0.318 e. The van der Waals surface area contributed by atoms with Crippen LogP contribution in [0.2, 0.25) is 0 Å². The number of nitrogens with zero attached hydrogens (tertiary/aromatic N) is 1. The van der Waals surface area contributed by atoms with Gasteiger partial charge in [-0.3, -0.25) is 0 Å². The molecule has 2 heterocycles. The van der Waals surface area contributed by atoms with Crippen molar-refractivity contribution >= 4 is 6.03 Å². The van der Waals surface area contributed by atoms with Gasteiger partial charge in [-0.25, -0.2) is 4.79 Å². The molecule has 1 fully saturated rings. The van der Waals surface area contributed by atoms with Crippen molar-refractivity contribution in [3.05, 3.63) is 54.0 Å². The summed E-state index contributed by atoms with van der Waals surface area (Å²) in [5, 5.41) is 3.11. The molecule has 1 aromatic carbocycles. The quantitative estimate of drug-likeness (QED) is 0.901. The van der Waals surface area contributed by atoms with E-state index in [2.05, 4.69) is 11.4 Å². The standard InChI is InChI=1S/C20H24N2O3/c1-14(18-7-4-10-24-18)22(17-8-9-17)20(23)21-12-15-11-16-5-2-3-6-19(16)25-13-15/h2-7,10,14-15,17H,8-9,11-13H2,1H3,(H,21,23)/t14-,15+/m1/s1. The number of benzene rings is 1. The van der Waals surface area contributed by atoms with Crippen molar-refractivity contribution in [2.75, 3.05) is 13.2 Å². The van der Waals surface area contributed by atoms with Crippen LogP contribution in [0.5, 0.6) is 5.75 Å². The van der Waals surface area contributed by atoms with Gasteiger partial charge < -0.3 is 19.4 Å². The molecule has 0 radical (unpaired) electrons. The largest absolute Gasteiger partial charge is 0.493 e. The molecule has 1 saturated carbocycles. The first-order chi connectivity index (χ1) is 12.2. The number of ether oxygens (including phenoxy) is 1. The molecule has 0 bridgehead atoms. The second-order valence-electron chi connectivity index (χ2n) is 7.00. The van der Waals surface area contributed by atoms with Crippen LogP contribution in [0.1, 0.15) is 37.1 Å². The van der Waals surface area contributed by atoms with E-state index < -0.39 is 0 Å². The Bertz CT molecular complexity index is 724. The van der Waals surface area contributed by atoms with Crippen LogP contribution in [-0.4, -0.2) is 30.1 Å². The minimum absolute atomic E-state index is 0.00902. The van der Waals surface area contributed by atoms with Gasteiger partial charge in [0.1, 0.15) is 11.5 Å². The van der Waals surface area contributed by atoms with E-state index >= 15 is 0 Å². The maximum atomic E-state index is 12.8. The van der Waals surface area contributed by atoms with Crippen molar-refractivity contribution in [2.24, 2.45) is 5.92 Å². The highest BCUT2D eigenvalue weighted by molar-refractivity contribution is 5.75. The Morgan fingerprint density at radius 3 is 2.88 bits per heavy atom. The molecule has 132 valence electrons. The Kier molecular flexibility index (Phi) is 4.38. The summed E-state index contributed by atoms with van der Waals surface area (Å²) in [7, 11) is 0. The Hall–Kier alpha value is -2.43. The number of carbonyl (C=O) groups excluding carboxylic acids is 1. The van der Waals surface area contributed by atoms with Crippen LogP contribution in [0.15, 0.2) is 47.1 Å². The average molecular weight is 340 g/mol. The third kappa shape index (κ3) is 3.50. The maximum Gasteiger partial charge on any atom is 0.318 e. The molecule has 0 unspecified atom stereocenters. The molecule has 0 spiro atoms. The lowest BCUT2D eigenvalue weighted by molar-refractivity contribution is 0.160. The van der Waals surface area contributed by atoms with Gasteiger partial charge in [0.15, 0.2) is 0 Å². The van der Waals surface area contributed by atoms with Crippen LogP contribution in [0.3, 0.4) is 0 Å².